The first kappa shape index (κ1) is 29.6. The summed E-state index contributed by atoms with van der Waals surface area (Å²) in [5, 5.41) is 6.53. The number of alkyl halides is 3. The van der Waals surface area contributed by atoms with Gasteiger partial charge in [0.15, 0.2) is 17.0 Å². The van der Waals surface area contributed by atoms with Crippen LogP contribution in [0, 0.1) is 6.92 Å². The maximum absolute atomic E-state index is 13.5. The van der Waals surface area contributed by atoms with Crippen molar-refractivity contribution in [2.75, 3.05) is 16.8 Å². The number of amides is 1. The molecule has 1 amide bonds. The molecule has 1 fully saturated rings. The molecule has 6 heterocycles. The topological polar surface area (TPSA) is 172 Å². The van der Waals surface area contributed by atoms with Crippen molar-refractivity contribution in [2.24, 2.45) is 7.05 Å². The molecular weight excluding hydrogens is 599 g/mol. The van der Waals surface area contributed by atoms with Gasteiger partial charge in [0.25, 0.3) is 5.56 Å². The van der Waals surface area contributed by atoms with E-state index in [4.69, 9.17) is 4.52 Å². The second-order valence-corrected chi connectivity index (χ2v) is 10.6. The summed E-state index contributed by atoms with van der Waals surface area (Å²) < 4.78 is 48.7. The quantitative estimate of drug-likeness (QED) is 0.281. The molecule has 18 heteroatoms. The molecule has 5 aromatic rings. The van der Waals surface area contributed by atoms with E-state index in [1.165, 1.54) is 47.2 Å². The molecule has 1 N–H and O–H groups in total. The van der Waals surface area contributed by atoms with Crippen molar-refractivity contribution >= 4 is 28.8 Å². The number of anilines is 2. The van der Waals surface area contributed by atoms with Gasteiger partial charge in [0.05, 0.1) is 18.4 Å². The van der Waals surface area contributed by atoms with Crippen LogP contribution in [0.5, 0.6) is 0 Å². The number of rotatable bonds is 7. The van der Waals surface area contributed by atoms with Gasteiger partial charge in [-0.25, -0.2) is 29.7 Å². The first-order valence-corrected chi connectivity index (χ1v) is 13.8. The summed E-state index contributed by atoms with van der Waals surface area (Å²) in [6, 6.07) is 0.449. The van der Waals surface area contributed by atoms with Crippen LogP contribution >= 0.6 is 0 Å². The van der Waals surface area contributed by atoms with E-state index in [2.05, 4.69) is 35.4 Å². The van der Waals surface area contributed by atoms with Crippen molar-refractivity contribution < 1.29 is 22.5 Å². The van der Waals surface area contributed by atoms with E-state index >= 15 is 0 Å². The second-order valence-electron chi connectivity index (χ2n) is 10.6. The van der Waals surface area contributed by atoms with Gasteiger partial charge < -0.3 is 19.3 Å². The molecule has 0 aliphatic carbocycles. The fourth-order valence-corrected chi connectivity index (χ4v) is 5.23. The number of nitrogens with one attached hydrogen (secondary N) is 1. The monoisotopic (exact) mass is 625 g/mol. The molecule has 0 saturated carbocycles. The lowest BCUT2D eigenvalue weighted by molar-refractivity contribution is -0.146. The van der Waals surface area contributed by atoms with Crippen LogP contribution in [0.15, 0.2) is 51.2 Å². The van der Waals surface area contributed by atoms with E-state index < -0.39 is 35.4 Å². The zero-order valence-electron chi connectivity index (χ0n) is 24.2. The van der Waals surface area contributed by atoms with Crippen LogP contribution in [0.3, 0.4) is 0 Å². The molecule has 0 aromatic carbocycles. The number of fused-ring (bicyclic) bond motifs is 1. The zero-order valence-corrected chi connectivity index (χ0v) is 24.2. The van der Waals surface area contributed by atoms with Crippen molar-refractivity contribution in [3.63, 3.8) is 0 Å². The summed E-state index contributed by atoms with van der Waals surface area (Å²) in [4.78, 5) is 61.7. The number of aryl methyl sites for hydroxylation is 2. The third kappa shape index (κ3) is 5.53. The first-order valence-electron chi connectivity index (χ1n) is 13.8. The predicted octanol–water partition coefficient (Wildman–Crippen LogP) is 2.22. The van der Waals surface area contributed by atoms with Crippen LogP contribution in [-0.2, 0) is 18.4 Å². The van der Waals surface area contributed by atoms with E-state index in [-0.39, 0.29) is 48.3 Å². The molecular formula is C27H26F3N11O4. The molecule has 0 unspecified atom stereocenters. The summed E-state index contributed by atoms with van der Waals surface area (Å²) in [5.41, 5.74) is -0.429. The Morgan fingerprint density at radius 3 is 2.62 bits per heavy atom. The van der Waals surface area contributed by atoms with Gasteiger partial charge in [-0.1, -0.05) is 5.16 Å². The van der Waals surface area contributed by atoms with Gasteiger partial charge in [0.1, 0.15) is 29.4 Å². The lowest BCUT2D eigenvalue weighted by Crippen LogP contribution is -2.42. The minimum atomic E-state index is -4.39. The highest BCUT2D eigenvalue weighted by atomic mass is 19.4. The van der Waals surface area contributed by atoms with Crippen molar-refractivity contribution in [3.8, 4) is 11.4 Å². The van der Waals surface area contributed by atoms with Crippen LogP contribution in [-0.4, -0.2) is 68.4 Å². The highest BCUT2D eigenvalue weighted by molar-refractivity contribution is 5.93. The van der Waals surface area contributed by atoms with Gasteiger partial charge in [-0.3, -0.25) is 18.7 Å². The predicted molar refractivity (Wildman–Crippen MR) is 152 cm³/mol. The van der Waals surface area contributed by atoms with E-state index in [0.29, 0.717) is 23.4 Å². The molecule has 1 saturated heterocycles. The van der Waals surface area contributed by atoms with Crippen molar-refractivity contribution in [1.82, 2.24) is 43.8 Å². The first-order chi connectivity index (χ1) is 21.4. The van der Waals surface area contributed by atoms with E-state index in [1.807, 2.05) is 0 Å². The Labute approximate surface area is 251 Å². The van der Waals surface area contributed by atoms with Crippen LogP contribution < -0.4 is 21.5 Å². The molecule has 2 atom stereocenters. The third-order valence-electron chi connectivity index (χ3n) is 7.54. The fraction of sp³-hybridized carbons (Fsp3) is 0.370. The standard InChI is InChI=1S/C27H26F3N11O4/c1-14-9-17(37-45-14)12-40-24(43)20-22(38(3)26(40)44)34-13-41(20)15(2)23(42)36-19-6-7-31-21(35-19)16-10-32-25(33-11-16)39-8-4-5-18(39)27(28,29)30/h6-7,9-11,13,15,18H,4-5,8,12H2,1-3H3,(H,31,35,36,42)/t15-,18-/m0/s1. The van der Waals surface area contributed by atoms with Gasteiger partial charge >= 0.3 is 11.9 Å². The van der Waals surface area contributed by atoms with Gasteiger partial charge in [-0.15, -0.1) is 0 Å². The highest BCUT2D eigenvalue weighted by Gasteiger charge is 2.46. The Bertz CT molecular complexity index is 2010. The fourth-order valence-electron chi connectivity index (χ4n) is 5.23. The lowest BCUT2D eigenvalue weighted by Gasteiger charge is -2.26. The van der Waals surface area contributed by atoms with Gasteiger partial charge in [-0.05, 0) is 32.8 Å². The van der Waals surface area contributed by atoms with Crippen molar-refractivity contribution in [1.29, 1.82) is 0 Å². The smallest absolute Gasteiger partial charge is 0.361 e. The van der Waals surface area contributed by atoms with Gasteiger partial charge in [0.2, 0.25) is 11.9 Å². The van der Waals surface area contributed by atoms with Crippen molar-refractivity contribution in [2.45, 2.75) is 51.5 Å². The summed E-state index contributed by atoms with van der Waals surface area (Å²) in [5.74, 6) is 0.176. The van der Waals surface area contributed by atoms with Gasteiger partial charge in [-0.2, -0.15) is 13.2 Å². The molecule has 0 bridgehead atoms. The summed E-state index contributed by atoms with van der Waals surface area (Å²) >= 11 is 0. The number of nitrogens with zero attached hydrogens (tertiary/aromatic N) is 10. The molecule has 0 spiro atoms. The molecule has 5 aromatic heterocycles. The van der Waals surface area contributed by atoms with Crippen molar-refractivity contribution in [3.05, 3.63) is 69.3 Å². The number of halogens is 3. The number of imidazole rings is 1. The number of hydrogen-bond donors (Lipinski definition) is 1. The number of aromatic nitrogens is 9. The average Bonchev–Trinajstić information content (AvgIpc) is 3.78. The summed E-state index contributed by atoms with van der Waals surface area (Å²) in [6.07, 6.45) is 1.31. The average molecular weight is 626 g/mol. The zero-order chi connectivity index (χ0) is 32.0. The number of carbonyl (C=O) groups excluding carboxylic acids is 1. The SMILES string of the molecule is Cc1cc(Cn2c(=O)c3c(ncn3[C@@H](C)C(=O)Nc3ccnc(-c4cnc(N5CCC[C@H]5C(F)(F)F)nc4)n3)n(C)c2=O)no1. The number of hydrogen-bond acceptors (Lipinski definition) is 11. The Balaban J connectivity index is 1.23. The molecule has 6 rings (SSSR count). The minimum Gasteiger partial charge on any atom is -0.361 e. The van der Waals surface area contributed by atoms with Crippen LogP contribution in [0.1, 0.15) is 37.3 Å². The summed E-state index contributed by atoms with van der Waals surface area (Å²) in [7, 11) is 1.47. The Kier molecular flexibility index (Phi) is 7.41. The molecule has 0 radical (unpaired) electrons. The van der Waals surface area contributed by atoms with Gasteiger partial charge in [0, 0.05) is 38.2 Å². The molecule has 234 valence electrons. The molecule has 1 aliphatic heterocycles. The lowest BCUT2D eigenvalue weighted by atomic mass is 10.2. The summed E-state index contributed by atoms with van der Waals surface area (Å²) in [6.45, 7) is 3.29. The van der Waals surface area contributed by atoms with E-state index in [1.54, 1.807) is 19.9 Å². The second kappa shape index (κ2) is 11.3. The Morgan fingerprint density at radius 1 is 1.18 bits per heavy atom. The maximum atomic E-state index is 13.5. The Hall–Kier alpha value is -5.42. The maximum Gasteiger partial charge on any atom is 0.408 e. The minimum absolute atomic E-state index is 0.0243. The van der Waals surface area contributed by atoms with Crippen LogP contribution in [0.4, 0.5) is 24.9 Å². The Morgan fingerprint density at radius 2 is 1.93 bits per heavy atom. The molecule has 1 aliphatic rings. The highest BCUT2D eigenvalue weighted by Crippen LogP contribution is 2.34. The van der Waals surface area contributed by atoms with Crippen LogP contribution in [0.25, 0.3) is 22.6 Å². The molecule has 15 nitrogen and oxygen atoms in total. The third-order valence-corrected chi connectivity index (χ3v) is 7.54. The number of carbonyl (C=O) groups is 1. The van der Waals surface area contributed by atoms with Crippen LogP contribution in [0.2, 0.25) is 0 Å². The molecule has 45 heavy (non-hydrogen) atoms. The normalized spacial score (nSPS) is 16.0. The van der Waals surface area contributed by atoms with E-state index in [0.717, 1.165) is 9.47 Å². The largest absolute Gasteiger partial charge is 0.408 e. The van der Waals surface area contributed by atoms with E-state index in [9.17, 15) is 27.6 Å².